The van der Waals surface area contributed by atoms with Crippen LogP contribution < -0.4 is 11.1 Å². The molecule has 1 saturated heterocycles. The van der Waals surface area contributed by atoms with E-state index in [9.17, 15) is 19.5 Å². The minimum absolute atomic E-state index is 0.0781. The van der Waals surface area contributed by atoms with Gasteiger partial charge in [0.05, 0.1) is 25.2 Å². The molecule has 0 bridgehead atoms. The number of benzene rings is 3. The van der Waals surface area contributed by atoms with Crippen LogP contribution in [0.4, 0.5) is 11.4 Å². The fraction of sp³-hybridized carbons (Fsp3) is 0.394. The van der Waals surface area contributed by atoms with Gasteiger partial charge in [0.1, 0.15) is 0 Å². The summed E-state index contributed by atoms with van der Waals surface area (Å²) in [4.78, 5) is 38.8. The SMILES string of the molecule is C[C@H]1[C@H]([Si](C)(C)O)[C@@H](CC(=O)N(CCO)Cc2ccccc2)O[C@H]1CCc1ccc(NC(=O)c2ccc(N)cc2)cc1. The molecule has 1 aliphatic heterocycles. The van der Waals surface area contributed by atoms with E-state index in [-0.39, 0.29) is 55.1 Å². The highest BCUT2D eigenvalue weighted by atomic mass is 28.4. The lowest BCUT2D eigenvalue weighted by Crippen LogP contribution is -2.42. The normalized spacial score (nSPS) is 20.3. The van der Waals surface area contributed by atoms with E-state index in [1.807, 2.05) is 67.7 Å². The van der Waals surface area contributed by atoms with Gasteiger partial charge in [-0.15, -0.1) is 0 Å². The predicted octanol–water partition coefficient (Wildman–Crippen LogP) is 4.84. The van der Waals surface area contributed by atoms with Gasteiger partial charge in [0.25, 0.3) is 5.91 Å². The Bertz CT molecular complexity index is 1310. The molecule has 42 heavy (non-hydrogen) atoms. The molecule has 224 valence electrons. The molecule has 0 spiro atoms. The van der Waals surface area contributed by atoms with E-state index in [2.05, 4.69) is 12.2 Å². The Kier molecular flexibility index (Phi) is 10.6. The minimum Gasteiger partial charge on any atom is -0.432 e. The first-order valence-corrected chi connectivity index (χ1v) is 17.6. The molecule has 1 fully saturated rings. The van der Waals surface area contributed by atoms with Crippen LogP contribution in [0.3, 0.4) is 0 Å². The van der Waals surface area contributed by atoms with Crippen molar-refractivity contribution in [2.75, 3.05) is 24.2 Å². The number of carbonyl (C=O) groups excluding carboxylic acids is 2. The molecule has 4 rings (SSSR count). The number of aliphatic hydroxyl groups excluding tert-OH is 1. The molecule has 3 aromatic rings. The summed E-state index contributed by atoms with van der Waals surface area (Å²) >= 11 is 0. The lowest BCUT2D eigenvalue weighted by atomic mass is 9.95. The number of ether oxygens (including phenoxy) is 1. The topological polar surface area (TPSA) is 125 Å². The zero-order valence-electron chi connectivity index (χ0n) is 24.7. The lowest BCUT2D eigenvalue weighted by Gasteiger charge is -2.31. The second-order valence-corrected chi connectivity index (χ2v) is 15.8. The Morgan fingerprint density at radius 1 is 0.952 bits per heavy atom. The number of aryl methyl sites for hydroxylation is 1. The summed E-state index contributed by atoms with van der Waals surface area (Å²) in [5.41, 5.74) is 9.60. The monoisotopic (exact) mass is 589 g/mol. The summed E-state index contributed by atoms with van der Waals surface area (Å²) in [5, 5.41) is 12.5. The molecule has 1 heterocycles. The zero-order chi connectivity index (χ0) is 30.3. The van der Waals surface area contributed by atoms with E-state index in [4.69, 9.17) is 10.5 Å². The molecular formula is C33H43N3O5Si. The molecular weight excluding hydrogens is 546 g/mol. The van der Waals surface area contributed by atoms with Crippen molar-refractivity contribution in [2.45, 2.75) is 63.6 Å². The maximum Gasteiger partial charge on any atom is 0.255 e. The van der Waals surface area contributed by atoms with Crippen LogP contribution in [-0.2, 0) is 22.5 Å². The summed E-state index contributed by atoms with van der Waals surface area (Å²) < 4.78 is 6.52. The van der Waals surface area contributed by atoms with Gasteiger partial charge in [0, 0.05) is 35.6 Å². The number of amides is 2. The first-order valence-electron chi connectivity index (χ1n) is 14.6. The second-order valence-electron chi connectivity index (χ2n) is 11.8. The summed E-state index contributed by atoms with van der Waals surface area (Å²) in [6.45, 7) is 6.52. The highest BCUT2D eigenvalue weighted by molar-refractivity contribution is 6.71. The average Bonchev–Trinajstić information content (AvgIpc) is 3.28. The van der Waals surface area contributed by atoms with Crippen LogP contribution in [0.15, 0.2) is 78.9 Å². The van der Waals surface area contributed by atoms with E-state index >= 15 is 0 Å². The minimum atomic E-state index is -2.64. The number of carbonyl (C=O) groups is 2. The average molecular weight is 590 g/mol. The Labute approximate surface area is 249 Å². The molecule has 2 amide bonds. The largest absolute Gasteiger partial charge is 0.432 e. The third-order valence-corrected chi connectivity index (χ3v) is 10.7. The zero-order valence-corrected chi connectivity index (χ0v) is 25.7. The van der Waals surface area contributed by atoms with Gasteiger partial charge in [-0.1, -0.05) is 49.4 Å². The van der Waals surface area contributed by atoms with Crippen molar-refractivity contribution in [1.29, 1.82) is 0 Å². The number of rotatable bonds is 12. The van der Waals surface area contributed by atoms with E-state index in [0.717, 1.165) is 24.0 Å². The predicted molar refractivity (Wildman–Crippen MR) is 168 cm³/mol. The summed E-state index contributed by atoms with van der Waals surface area (Å²) in [6, 6.07) is 24.3. The second kappa shape index (κ2) is 14.1. The Morgan fingerprint density at radius 2 is 1.62 bits per heavy atom. The third kappa shape index (κ3) is 8.29. The molecule has 0 aromatic heterocycles. The standard InChI is InChI=1S/C33H43N3O5Si/c1-23-29(18-11-24-9-16-28(17-10-24)35-33(39)26-12-14-27(34)15-13-26)41-30(32(23)42(2,3)40)21-31(38)36(19-20-37)22-25-7-5-4-6-8-25/h4-10,12-17,23,29-30,32,37,40H,11,18-22,34H2,1-3H3,(H,35,39)/t23-,29+,30-,32+/m1/s1. The molecule has 0 unspecified atom stereocenters. The molecule has 5 N–H and O–H groups in total. The van der Waals surface area contributed by atoms with Crippen LogP contribution >= 0.6 is 0 Å². The van der Waals surface area contributed by atoms with Crippen molar-refractivity contribution in [3.8, 4) is 0 Å². The number of nitrogens with one attached hydrogen (secondary N) is 1. The molecule has 3 aromatic carbocycles. The molecule has 4 atom stereocenters. The summed E-state index contributed by atoms with van der Waals surface area (Å²) in [5.74, 6) is -0.168. The Morgan fingerprint density at radius 3 is 2.24 bits per heavy atom. The first-order chi connectivity index (χ1) is 20.0. The van der Waals surface area contributed by atoms with Gasteiger partial charge in [0.15, 0.2) is 8.32 Å². The van der Waals surface area contributed by atoms with Crippen molar-refractivity contribution in [2.24, 2.45) is 5.92 Å². The smallest absolute Gasteiger partial charge is 0.255 e. The maximum absolute atomic E-state index is 13.4. The molecule has 0 radical (unpaired) electrons. The summed E-state index contributed by atoms with van der Waals surface area (Å²) in [6.07, 6.45) is 1.25. The highest BCUT2D eigenvalue weighted by Gasteiger charge is 2.50. The molecule has 0 saturated carbocycles. The van der Waals surface area contributed by atoms with Crippen LogP contribution in [-0.4, -0.2) is 60.3 Å². The van der Waals surface area contributed by atoms with Gasteiger partial charge in [0.2, 0.25) is 5.91 Å². The van der Waals surface area contributed by atoms with Crippen molar-refractivity contribution < 1.29 is 24.2 Å². The quantitative estimate of drug-likeness (QED) is 0.177. The van der Waals surface area contributed by atoms with Crippen LogP contribution in [0, 0.1) is 5.92 Å². The number of nitrogens with two attached hydrogens (primary N) is 1. The van der Waals surface area contributed by atoms with Crippen molar-refractivity contribution >= 4 is 31.5 Å². The molecule has 9 heteroatoms. The number of nitrogens with zero attached hydrogens (tertiary/aromatic N) is 1. The van der Waals surface area contributed by atoms with Crippen LogP contribution in [0.5, 0.6) is 0 Å². The van der Waals surface area contributed by atoms with E-state index in [1.165, 1.54) is 0 Å². The van der Waals surface area contributed by atoms with Crippen LogP contribution in [0.2, 0.25) is 18.6 Å². The highest BCUT2D eigenvalue weighted by Crippen LogP contribution is 2.45. The van der Waals surface area contributed by atoms with Crippen molar-refractivity contribution in [1.82, 2.24) is 4.90 Å². The van der Waals surface area contributed by atoms with Gasteiger partial charge in [-0.25, -0.2) is 0 Å². The molecule has 8 nitrogen and oxygen atoms in total. The van der Waals surface area contributed by atoms with Gasteiger partial charge >= 0.3 is 0 Å². The Hall–Kier alpha value is -3.50. The molecule has 0 aliphatic carbocycles. The number of nitrogen functional groups attached to an aromatic ring is 1. The van der Waals surface area contributed by atoms with Gasteiger partial charge in [-0.05, 0) is 79.4 Å². The van der Waals surface area contributed by atoms with E-state index in [0.29, 0.717) is 23.5 Å². The first kappa shape index (κ1) is 31.4. The van der Waals surface area contributed by atoms with Crippen LogP contribution in [0.25, 0.3) is 0 Å². The maximum atomic E-state index is 13.4. The van der Waals surface area contributed by atoms with Gasteiger partial charge in [-0.3, -0.25) is 9.59 Å². The lowest BCUT2D eigenvalue weighted by molar-refractivity contribution is -0.135. The van der Waals surface area contributed by atoms with Gasteiger partial charge in [-0.2, -0.15) is 0 Å². The van der Waals surface area contributed by atoms with Crippen molar-refractivity contribution in [3.63, 3.8) is 0 Å². The van der Waals surface area contributed by atoms with Crippen LogP contribution in [0.1, 0.15) is 41.3 Å². The van der Waals surface area contributed by atoms with E-state index < -0.39 is 8.32 Å². The fourth-order valence-electron chi connectivity index (χ4n) is 6.03. The Balaban J connectivity index is 1.36. The molecule has 1 aliphatic rings. The fourth-order valence-corrected chi connectivity index (χ4v) is 8.63. The third-order valence-electron chi connectivity index (χ3n) is 8.14. The summed E-state index contributed by atoms with van der Waals surface area (Å²) in [7, 11) is -2.64. The van der Waals surface area contributed by atoms with Crippen molar-refractivity contribution in [3.05, 3.63) is 95.6 Å². The van der Waals surface area contributed by atoms with E-state index in [1.54, 1.807) is 29.2 Å². The van der Waals surface area contributed by atoms with Gasteiger partial charge < -0.3 is 30.6 Å². The number of hydrogen-bond donors (Lipinski definition) is 4. The number of anilines is 2. The number of aliphatic hydroxyl groups is 1. The number of hydrogen-bond acceptors (Lipinski definition) is 6.